The first-order valence-electron chi connectivity index (χ1n) is 8.42. The summed E-state index contributed by atoms with van der Waals surface area (Å²) in [4.78, 5) is 12.2. The first kappa shape index (κ1) is 18.7. The lowest BCUT2D eigenvalue weighted by atomic mass is 10.0. The third-order valence-electron chi connectivity index (χ3n) is 4.13. The monoisotopic (exact) mass is 382 g/mol. The van der Waals surface area contributed by atoms with Crippen LogP contribution in [0.3, 0.4) is 0 Å². The first-order valence-corrected chi connectivity index (χ1v) is 8.80. The molecule has 0 aliphatic heterocycles. The molecule has 0 radical (unpaired) electrons. The molecule has 2 N–H and O–H groups in total. The number of fused-ring (bicyclic) bond motifs is 1. The fourth-order valence-corrected chi connectivity index (χ4v) is 2.74. The van der Waals surface area contributed by atoms with Gasteiger partial charge in [-0.05, 0) is 54.4 Å². The minimum atomic E-state index is -0.746. The van der Waals surface area contributed by atoms with Gasteiger partial charge in [-0.2, -0.15) is 5.10 Å². The van der Waals surface area contributed by atoms with E-state index in [1.165, 1.54) is 6.21 Å². The molecule has 0 heterocycles. The summed E-state index contributed by atoms with van der Waals surface area (Å²) in [6, 6.07) is 16.2. The minimum absolute atomic E-state index is 0.0904. The lowest BCUT2D eigenvalue weighted by molar-refractivity contribution is -0.127. The van der Waals surface area contributed by atoms with Crippen LogP contribution in [0.15, 0.2) is 59.7 Å². The Labute approximate surface area is 162 Å². The van der Waals surface area contributed by atoms with Gasteiger partial charge in [0.25, 0.3) is 5.91 Å². The number of aromatic hydroxyl groups is 1. The van der Waals surface area contributed by atoms with Crippen LogP contribution in [-0.2, 0) is 4.79 Å². The van der Waals surface area contributed by atoms with Gasteiger partial charge in [-0.1, -0.05) is 41.9 Å². The number of carbonyl (C=O) groups is 1. The number of ether oxygens (including phenoxy) is 1. The molecule has 5 nitrogen and oxygen atoms in total. The number of nitrogens with one attached hydrogen (secondary N) is 1. The number of hydrogen-bond donors (Lipinski definition) is 2. The highest BCUT2D eigenvalue weighted by Gasteiger charge is 2.14. The molecule has 0 bridgehead atoms. The highest BCUT2D eigenvalue weighted by Crippen LogP contribution is 2.25. The third-order valence-corrected chi connectivity index (χ3v) is 4.55. The van der Waals surface area contributed by atoms with Gasteiger partial charge in [0.15, 0.2) is 6.10 Å². The van der Waals surface area contributed by atoms with Gasteiger partial charge in [-0.15, -0.1) is 0 Å². The lowest BCUT2D eigenvalue weighted by Gasteiger charge is -2.13. The van der Waals surface area contributed by atoms with Crippen molar-refractivity contribution in [2.75, 3.05) is 0 Å². The molecule has 0 aliphatic rings. The number of phenolic OH excluding ortho intramolecular Hbond substituents is 1. The zero-order valence-corrected chi connectivity index (χ0v) is 15.7. The number of rotatable bonds is 5. The molecule has 3 rings (SSSR count). The molecule has 1 atom stereocenters. The molecule has 1 amide bonds. The van der Waals surface area contributed by atoms with Crippen molar-refractivity contribution in [2.24, 2.45) is 5.10 Å². The Balaban J connectivity index is 1.68. The smallest absolute Gasteiger partial charge is 0.280 e. The molecule has 0 fully saturated rings. The third kappa shape index (κ3) is 4.38. The maximum atomic E-state index is 12.2. The van der Waals surface area contributed by atoms with E-state index in [9.17, 15) is 9.90 Å². The lowest BCUT2D eigenvalue weighted by Crippen LogP contribution is -2.33. The summed E-state index contributed by atoms with van der Waals surface area (Å²) in [6.45, 7) is 3.49. The molecular weight excluding hydrogens is 364 g/mol. The predicted octanol–water partition coefficient (Wildman–Crippen LogP) is 4.42. The molecule has 0 aromatic heterocycles. The molecule has 0 saturated carbocycles. The van der Waals surface area contributed by atoms with Crippen molar-refractivity contribution in [1.29, 1.82) is 0 Å². The fraction of sp³-hybridized carbons (Fsp3) is 0.143. The number of amides is 1. The largest absolute Gasteiger partial charge is 0.507 e. The first-order chi connectivity index (χ1) is 13.0. The normalized spacial score (nSPS) is 12.3. The molecule has 0 saturated heterocycles. The van der Waals surface area contributed by atoms with Gasteiger partial charge in [0.2, 0.25) is 0 Å². The topological polar surface area (TPSA) is 70.9 Å². The van der Waals surface area contributed by atoms with E-state index in [0.29, 0.717) is 16.3 Å². The van der Waals surface area contributed by atoms with E-state index in [4.69, 9.17) is 16.3 Å². The summed E-state index contributed by atoms with van der Waals surface area (Å²) >= 11 is 5.99. The van der Waals surface area contributed by atoms with Gasteiger partial charge in [-0.25, -0.2) is 5.43 Å². The van der Waals surface area contributed by atoms with Crippen molar-refractivity contribution < 1.29 is 14.6 Å². The molecule has 3 aromatic rings. The van der Waals surface area contributed by atoms with Gasteiger partial charge in [0.1, 0.15) is 11.5 Å². The second-order valence-corrected chi connectivity index (χ2v) is 6.53. The molecule has 3 aromatic carbocycles. The van der Waals surface area contributed by atoms with Gasteiger partial charge >= 0.3 is 0 Å². The molecule has 0 spiro atoms. The van der Waals surface area contributed by atoms with Crippen LogP contribution < -0.4 is 10.2 Å². The molecule has 0 aliphatic carbocycles. The number of nitrogens with zero attached hydrogens (tertiary/aromatic N) is 1. The Hall–Kier alpha value is -3.05. The van der Waals surface area contributed by atoms with Gasteiger partial charge < -0.3 is 9.84 Å². The highest BCUT2D eigenvalue weighted by molar-refractivity contribution is 6.31. The van der Waals surface area contributed by atoms with E-state index in [2.05, 4.69) is 10.5 Å². The van der Waals surface area contributed by atoms with Crippen LogP contribution in [-0.4, -0.2) is 23.3 Å². The Morgan fingerprint density at radius 1 is 1.22 bits per heavy atom. The molecule has 0 unspecified atom stereocenters. The van der Waals surface area contributed by atoms with E-state index < -0.39 is 12.0 Å². The van der Waals surface area contributed by atoms with Crippen molar-refractivity contribution in [2.45, 2.75) is 20.0 Å². The predicted molar refractivity (Wildman–Crippen MR) is 108 cm³/mol. The second kappa shape index (κ2) is 8.10. The number of halogens is 1. The summed E-state index contributed by atoms with van der Waals surface area (Å²) in [6.07, 6.45) is 0.679. The van der Waals surface area contributed by atoms with Gasteiger partial charge in [0.05, 0.1) is 6.21 Å². The van der Waals surface area contributed by atoms with Crippen molar-refractivity contribution in [3.05, 3.63) is 70.7 Å². The van der Waals surface area contributed by atoms with Crippen LogP contribution in [0, 0.1) is 6.92 Å². The molecular formula is C21H19ClN2O3. The number of hydrazone groups is 1. The van der Waals surface area contributed by atoms with E-state index >= 15 is 0 Å². The summed E-state index contributed by atoms with van der Waals surface area (Å²) in [5.74, 6) is 0.237. The second-order valence-electron chi connectivity index (χ2n) is 6.12. The van der Waals surface area contributed by atoms with Gasteiger partial charge in [0, 0.05) is 10.6 Å². The van der Waals surface area contributed by atoms with E-state index in [1.807, 2.05) is 37.3 Å². The maximum absolute atomic E-state index is 12.2. The van der Waals surface area contributed by atoms with Crippen LogP contribution in [0.5, 0.6) is 11.5 Å². The molecule has 138 valence electrons. The average molecular weight is 383 g/mol. The van der Waals surface area contributed by atoms with Gasteiger partial charge in [-0.3, -0.25) is 4.79 Å². The quantitative estimate of drug-likeness (QED) is 0.506. The molecule has 6 heteroatoms. The zero-order chi connectivity index (χ0) is 19.4. The summed E-state index contributed by atoms with van der Waals surface area (Å²) in [5, 5.41) is 16.5. The fourth-order valence-electron chi connectivity index (χ4n) is 2.62. The summed E-state index contributed by atoms with van der Waals surface area (Å²) < 4.78 is 5.61. The van der Waals surface area contributed by atoms with Crippen LogP contribution in [0.25, 0.3) is 10.8 Å². The number of aryl methyl sites for hydroxylation is 1. The summed E-state index contributed by atoms with van der Waals surface area (Å²) in [5.41, 5.74) is 3.84. The number of benzene rings is 3. The Morgan fingerprint density at radius 2 is 2.00 bits per heavy atom. The van der Waals surface area contributed by atoms with E-state index in [1.54, 1.807) is 31.2 Å². The highest BCUT2D eigenvalue weighted by atomic mass is 35.5. The number of carbonyl (C=O) groups excluding carboxylic acids is 1. The van der Waals surface area contributed by atoms with Crippen LogP contribution in [0.1, 0.15) is 18.1 Å². The standard InChI is InChI=1S/C21H19ClN2O3/c1-13-11-16(8-9-19(13)22)27-14(2)21(26)24-23-12-18-17-6-4-3-5-15(17)7-10-20(18)25/h3-12,14,25H,1-2H3,(H,24,26)/t14-/m1/s1. The van der Waals surface area contributed by atoms with E-state index in [0.717, 1.165) is 16.3 Å². The van der Waals surface area contributed by atoms with Crippen LogP contribution in [0.2, 0.25) is 5.02 Å². The molecule has 27 heavy (non-hydrogen) atoms. The van der Waals surface area contributed by atoms with Crippen molar-refractivity contribution >= 4 is 34.5 Å². The van der Waals surface area contributed by atoms with Crippen molar-refractivity contribution in [3.8, 4) is 11.5 Å². The van der Waals surface area contributed by atoms with Crippen molar-refractivity contribution in [3.63, 3.8) is 0 Å². The maximum Gasteiger partial charge on any atom is 0.280 e. The zero-order valence-electron chi connectivity index (χ0n) is 14.9. The average Bonchev–Trinajstić information content (AvgIpc) is 2.66. The Bertz CT molecular complexity index is 1020. The van der Waals surface area contributed by atoms with Crippen LogP contribution in [0.4, 0.5) is 0 Å². The number of hydrogen-bond acceptors (Lipinski definition) is 4. The SMILES string of the molecule is Cc1cc(O[C@H](C)C(=O)NN=Cc2c(O)ccc3ccccc23)ccc1Cl. The van der Waals surface area contributed by atoms with E-state index in [-0.39, 0.29) is 5.75 Å². The minimum Gasteiger partial charge on any atom is -0.507 e. The Morgan fingerprint density at radius 3 is 2.78 bits per heavy atom. The van der Waals surface area contributed by atoms with Crippen LogP contribution >= 0.6 is 11.6 Å². The van der Waals surface area contributed by atoms with Crippen molar-refractivity contribution in [1.82, 2.24) is 5.43 Å². The number of phenols is 1. The summed E-state index contributed by atoms with van der Waals surface area (Å²) in [7, 11) is 0. The Kier molecular flexibility index (Phi) is 5.62.